The van der Waals surface area contributed by atoms with Gasteiger partial charge in [0.15, 0.2) is 0 Å². The summed E-state index contributed by atoms with van der Waals surface area (Å²) in [5.74, 6) is 1.03. The molecule has 0 aliphatic carbocycles. The Kier molecular flexibility index (Phi) is 5.09. The van der Waals surface area contributed by atoms with Crippen LogP contribution >= 0.6 is 11.6 Å². The minimum absolute atomic E-state index is 0.188. The fourth-order valence-corrected chi connectivity index (χ4v) is 3.36. The van der Waals surface area contributed by atoms with E-state index in [1.807, 2.05) is 36.6 Å². The normalized spacial score (nSPS) is 10.8. The van der Waals surface area contributed by atoms with Crippen LogP contribution in [0.4, 0.5) is 5.69 Å². The van der Waals surface area contributed by atoms with E-state index in [4.69, 9.17) is 21.1 Å². The van der Waals surface area contributed by atoms with Crippen LogP contribution in [-0.2, 0) is 6.54 Å². The van der Waals surface area contributed by atoms with Crippen LogP contribution in [0.25, 0.3) is 10.9 Å². The number of carbonyl (C=O) groups excluding carboxylic acids is 1. The fraction of sp³-hybridized carbons (Fsp3) is 0.250. The van der Waals surface area contributed by atoms with Crippen LogP contribution in [-0.4, -0.2) is 24.7 Å². The molecule has 136 valence electrons. The number of benzene rings is 2. The van der Waals surface area contributed by atoms with Gasteiger partial charge in [-0.15, -0.1) is 0 Å². The van der Waals surface area contributed by atoms with Crippen molar-refractivity contribution in [3.8, 4) is 11.5 Å². The van der Waals surface area contributed by atoms with Crippen molar-refractivity contribution in [3.05, 3.63) is 52.7 Å². The number of methoxy groups -OCH3 is 2. The minimum atomic E-state index is -0.188. The summed E-state index contributed by atoms with van der Waals surface area (Å²) < 4.78 is 12.5. The number of ether oxygens (including phenoxy) is 2. The van der Waals surface area contributed by atoms with Crippen molar-refractivity contribution >= 4 is 34.1 Å². The number of amides is 1. The fourth-order valence-electron chi connectivity index (χ4n) is 3.19. The Bertz CT molecular complexity index is 957. The standard InChI is InChI=1S/C20H21ClN2O3/c1-5-23-18-7-6-13(21)8-17(18)12(2)19(23)20(24)22-14-9-15(25-3)11-16(10-14)26-4/h6-11H,5H2,1-4H3,(H,22,24). The van der Waals surface area contributed by atoms with Gasteiger partial charge in [-0.2, -0.15) is 0 Å². The van der Waals surface area contributed by atoms with Crippen molar-refractivity contribution in [2.24, 2.45) is 0 Å². The van der Waals surface area contributed by atoms with Gasteiger partial charge in [0.05, 0.1) is 14.2 Å². The Labute approximate surface area is 157 Å². The van der Waals surface area contributed by atoms with E-state index in [0.717, 1.165) is 16.5 Å². The maximum atomic E-state index is 13.0. The van der Waals surface area contributed by atoms with Crippen molar-refractivity contribution in [3.63, 3.8) is 0 Å². The smallest absolute Gasteiger partial charge is 0.272 e. The maximum Gasteiger partial charge on any atom is 0.272 e. The van der Waals surface area contributed by atoms with Crippen LogP contribution in [0.5, 0.6) is 11.5 Å². The second-order valence-corrected chi connectivity index (χ2v) is 6.37. The summed E-state index contributed by atoms with van der Waals surface area (Å²) in [6, 6.07) is 10.9. The number of anilines is 1. The molecule has 5 nitrogen and oxygen atoms in total. The van der Waals surface area contributed by atoms with Crippen molar-refractivity contribution in [1.82, 2.24) is 4.57 Å². The Hall–Kier alpha value is -2.66. The van der Waals surface area contributed by atoms with Crippen molar-refractivity contribution in [2.45, 2.75) is 20.4 Å². The first-order valence-corrected chi connectivity index (χ1v) is 8.69. The highest BCUT2D eigenvalue weighted by molar-refractivity contribution is 6.31. The zero-order valence-corrected chi connectivity index (χ0v) is 16.0. The van der Waals surface area contributed by atoms with Crippen LogP contribution in [0.15, 0.2) is 36.4 Å². The third-order valence-corrected chi connectivity index (χ3v) is 4.65. The average Bonchev–Trinajstić information content (AvgIpc) is 2.92. The van der Waals surface area contributed by atoms with Crippen molar-refractivity contribution < 1.29 is 14.3 Å². The Morgan fingerprint density at radius 1 is 1.12 bits per heavy atom. The molecule has 0 atom stereocenters. The molecule has 0 spiro atoms. The van der Waals surface area contributed by atoms with Gasteiger partial charge in [-0.05, 0) is 37.6 Å². The highest BCUT2D eigenvalue weighted by Crippen LogP contribution is 2.30. The predicted molar refractivity (Wildman–Crippen MR) is 105 cm³/mol. The Morgan fingerprint density at radius 3 is 2.35 bits per heavy atom. The summed E-state index contributed by atoms with van der Waals surface area (Å²) in [6.45, 7) is 4.63. The molecule has 1 amide bonds. The molecule has 1 N–H and O–H groups in total. The molecule has 0 aliphatic rings. The molecule has 6 heteroatoms. The van der Waals surface area contributed by atoms with Gasteiger partial charge in [0.25, 0.3) is 5.91 Å². The second-order valence-electron chi connectivity index (χ2n) is 5.93. The number of carbonyl (C=O) groups is 1. The van der Waals surface area contributed by atoms with E-state index in [1.165, 1.54) is 0 Å². The number of rotatable bonds is 5. The summed E-state index contributed by atoms with van der Waals surface area (Å²) in [4.78, 5) is 13.0. The first-order chi connectivity index (χ1) is 12.5. The van der Waals surface area contributed by atoms with Crippen LogP contribution in [0.3, 0.4) is 0 Å². The molecule has 3 aromatic rings. The van der Waals surface area contributed by atoms with Crippen molar-refractivity contribution in [2.75, 3.05) is 19.5 Å². The molecule has 1 heterocycles. The highest BCUT2D eigenvalue weighted by atomic mass is 35.5. The molecule has 0 unspecified atom stereocenters. The average molecular weight is 373 g/mol. The van der Waals surface area contributed by atoms with E-state index in [-0.39, 0.29) is 5.91 Å². The van der Waals surface area contributed by atoms with Crippen LogP contribution < -0.4 is 14.8 Å². The number of fused-ring (bicyclic) bond motifs is 1. The van der Waals surface area contributed by atoms with E-state index < -0.39 is 0 Å². The lowest BCUT2D eigenvalue weighted by Gasteiger charge is -2.12. The number of hydrogen-bond acceptors (Lipinski definition) is 3. The van der Waals surface area contributed by atoms with Crippen LogP contribution in [0, 0.1) is 6.92 Å². The highest BCUT2D eigenvalue weighted by Gasteiger charge is 2.20. The number of aromatic nitrogens is 1. The summed E-state index contributed by atoms with van der Waals surface area (Å²) in [5.41, 5.74) is 3.11. The van der Waals surface area contributed by atoms with Gasteiger partial charge >= 0.3 is 0 Å². The van der Waals surface area contributed by atoms with Gasteiger partial charge in [0.2, 0.25) is 0 Å². The number of halogens is 1. The van der Waals surface area contributed by atoms with Gasteiger partial charge in [-0.3, -0.25) is 4.79 Å². The summed E-state index contributed by atoms with van der Waals surface area (Å²) >= 11 is 6.13. The largest absolute Gasteiger partial charge is 0.497 e. The molecule has 0 fully saturated rings. The molecule has 3 rings (SSSR count). The number of hydrogen-bond donors (Lipinski definition) is 1. The van der Waals surface area contributed by atoms with E-state index >= 15 is 0 Å². The molecule has 1 aromatic heterocycles. The second kappa shape index (κ2) is 7.30. The van der Waals surface area contributed by atoms with Gasteiger partial charge in [-0.25, -0.2) is 0 Å². The van der Waals surface area contributed by atoms with Gasteiger partial charge < -0.3 is 19.4 Å². The molecule has 0 saturated heterocycles. The zero-order valence-electron chi connectivity index (χ0n) is 15.2. The van der Waals surface area contributed by atoms with E-state index in [0.29, 0.717) is 34.4 Å². The van der Waals surface area contributed by atoms with E-state index in [9.17, 15) is 4.79 Å². The third kappa shape index (κ3) is 3.22. The van der Waals surface area contributed by atoms with Crippen LogP contribution in [0.1, 0.15) is 23.0 Å². The minimum Gasteiger partial charge on any atom is -0.497 e. The Morgan fingerprint density at radius 2 is 1.77 bits per heavy atom. The molecule has 0 aliphatic heterocycles. The molecule has 2 aromatic carbocycles. The summed E-state index contributed by atoms with van der Waals surface area (Å²) in [6.07, 6.45) is 0. The molecule has 0 saturated carbocycles. The van der Waals surface area contributed by atoms with Crippen molar-refractivity contribution in [1.29, 1.82) is 0 Å². The van der Waals surface area contributed by atoms with E-state index in [1.54, 1.807) is 32.4 Å². The molecule has 26 heavy (non-hydrogen) atoms. The molecular weight excluding hydrogens is 352 g/mol. The zero-order chi connectivity index (χ0) is 18.8. The molecule has 0 bridgehead atoms. The van der Waals surface area contributed by atoms with Gasteiger partial charge in [0, 0.05) is 46.4 Å². The lowest BCUT2D eigenvalue weighted by atomic mass is 10.1. The number of aryl methyl sites for hydroxylation is 2. The quantitative estimate of drug-likeness (QED) is 0.693. The predicted octanol–water partition coefficient (Wildman–Crippen LogP) is 4.89. The third-order valence-electron chi connectivity index (χ3n) is 4.42. The Balaban J connectivity index is 2.04. The van der Waals surface area contributed by atoms with Gasteiger partial charge in [0.1, 0.15) is 17.2 Å². The van der Waals surface area contributed by atoms with Gasteiger partial charge in [-0.1, -0.05) is 11.6 Å². The van der Waals surface area contributed by atoms with Crippen LogP contribution in [0.2, 0.25) is 5.02 Å². The van der Waals surface area contributed by atoms with E-state index in [2.05, 4.69) is 5.32 Å². The molecular formula is C20H21ClN2O3. The first-order valence-electron chi connectivity index (χ1n) is 8.31. The first kappa shape index (κ1) is 18.1. The number of nitrogens with one attached hydrogen (secondary N) is 1. The SMILES string of the molecule is CCn1c(C(=O)Nc2cc(OC)cc(OC)c2)c(C)c2cc(Cl)ccc21. The lowest BCUT2D eigenvalue weighted by Crippen LogP contribution is -2.18. The topological polar surface area (TPSA) is 52.5 Å². The monoisotopic (exact) mass is 372 g/mol. The number of nitrogens with zero attached hydrogens (tertiary/aromatic N) is 1. The summed E-state index contributed by atoms with van der Waals surface area (Å²) in [5, 5.41) is 4.58. The lowest BCUT2D eigenvalue weighted by molar-refractivity contribution is 0.101. The molecule has 0 radical (unpaired) electrons. The summed E-state index contributed by atoms with van der Waals surface area (Å²) in [7, 11) is 3.15. The maximum absolute atomic E-state index is 13.0.